The summed E-state index contributed by atoms with van der Waals surface area (Å²) in [6, 6.07) is 9.81. The minimum Gasteiger partial charge on any atom is -0.132 e. The Labute approximate surface area is 75.6 Å². The fourth-order valence-electron chi connectivity index (χ4n) is 1.13. The number of rotatable bonds is 1. The van der Waals surface area contributed by atoms with Crippen LogP contribution in [0.4, 0.5) is 0 Å². The van der Waals surface area contributed by atoms with Crippen molar-refractivity contribution in [3.8, 4) is 11.3 Å². The van der Waals surface area contributed by atoms with E-state index in [-0.39, 0.29) is 0 Å². The Morgan fingerprint density at radius 2 is 1.62 bits per heavy atom. The summed E-state index contributed by atoms with van der Waals surface area (Å²) in [4.78, 5) is 0. The van der Waals surface area contributed by atoms with E-state index in [1.807, 2.05) is 37.3 Å². The number of benzene rings is 1. The van der Waals surface area contributed by atoms with Crippen LogP contribution in [0.5, 0.6) is 0 Å². The molecule has 0 aliphatic rings. The fourth-order valence-corrected chi connectivity index (χ4v) is 1.13. The van der Waals surface area contributed by atoms with Crippen LogP contribution in [0.2, 0.25) is 0 Å². The van der Waals surface area contributed by atoms with Gasteiger partial charge in [0.25, 0.3) is 0 Å². The van der Waals surface area contributed by atoms with Gasteiger partial charge in [0, 0.05) is 5.56 Å². The fraction of sp³-hybridized carbons (Fsp3) is 0.111. The highest BCUT2D eigenvalue weighted by Gasteiger charge is 2.03. The highest BCUT2D eigenvalue weighted by atomic mass is 15.4. The van der Waals surface area contributed by atoms with Gasteiger partial charge in [-0.1, -0.05) is 30.3 Å². The predicted molar refractivity (Wildman–Crippen MR) is 47.8 cm³/mol. The van der Waals surface area contributed by atoms with Crippen molar-refractivity contribution in [3.05, 3.63) is 36.0 Å². The van der Waals surface area contributed by atoms with E-state index in [0.29, 0.717) is 0 Å². The van der Waals surface area contributed by atoms with E-state index in [9.17, 15) is 0 Å². The van der Waals surface area contributed by atoms with E-state index in [2.05, 4.69) is 20.6 Å². The molecule has 4 nitrogen and oxygen atoms in total. The summed E-state index contributed by atoms with van der Waals surface area (Å²) >= 11 is 0. The minimum absolute atomic E-state index is 0.788. The zero-order chi connectivity index (χ0) is 9.10. The molecule has 2 rings (SSSR count). The van der Waals surface area contributed by atoms with Crippen LogP contribution >= 0.6 is 0 Å². The normalized spacial score (nSPS) is 9.92. The number of hydrogen-bond donors (Lipinski definition) is 0. The third kappa shape index (κ3) is 1.51. The van der Waals surface area contributed by atoms with Crippen molar-refractivity contribution in [2.24, 2.45) is 0 Å². The summed E-state index contributed by atoms with van der Waals surface area (Å²) in [6.45, 7) is 1.87. The molecule has 0 amide bonds. The minimum atomic E-state index is 0.788. The molecule has 64 valence electrons. The van der Waals surface area contributed by atoms with Gasteiger partial charge in [0.15, 0.2) is 0 Å². The van der Waals surface area contributed by atoms with Crippen molar-refractivity contribution in [3.63, 3.8) is 0 Å². The molecule has 0 N–H and O–H groups in total. The molecule has 0 radical (unpaired) electrons. The van der Waals surface area contributed by atoms with E-state index in [4.69, 9.17) is 0 Å². The molecule has 0 aliphatic carbocycles. The van der Waals surface area contributed by atoms with Crippen LogP contribution in [-0.2, 0) is 0 Å². The Balaban J connectivity index is 2.54. The van der Waals surface area contributed by atoms with E-state index >= 15 is 0 Å². The van der Waals surface area contributed by atoms with Gasteiger partial charge in [-0.25, -0.2) is 0 Å². The molecule has 1 heterocycles. The van der Waals surface area contributed by atoms with Gasteiger partial charge in [-0.15, -0.1) is 10.2 Å². The lowest BCUT2D eigenvalue weighted by molar-refractivity contribution is 0.748. The molecule has 1 aromatic carbocycles. The lowest BCUT2D eigenvalue weighted by atomic mass is 10.1. The number of nitrogens with zero attached hydrogens (tertiary/aromatic N) is 4. The first-order valence-electron chi connectivity index (χ1n) is 3.96. The Hall–Kier alpha value is -1.84. The summed E-state index contributed by atoms with van der Waals surface area (Å²) in [5.74, 6) is 0. The van der Waals surface area contributed by atoms with Crippen LogP contribution < -0.4 is 0 Å². The molecule has 0 spiro atoms. The summed E-state index contributed by atoms with van der Waals surface area (Å²) in [6.07, 6.45) is 0. The van der Waals surface area contributed by atoms with Crippen LogP contribution in [0.3, 0.4) is 0 Å². The molecule has 2 aromatic rings. The second kappa shape index (κ2) is 3.26. The highest BCUT2D eigenvalue weighted by molar-refractivity contribution is 5.59. The molecule has 0 atom stereocenters. The van der Waals surface area contributed by atoms with Crippen molar-refractivity contribution in [1.29, 1.82) is 0 Å². The summed E-state index contributed by atoms with van der Waals surface area (Å²) < 4.78 is 0. The van der Waals surface area contributed by atoms with Crippen molar-refractivity contribution in [2.45, 2.75) is 6.92 Å². The van der Waals surface area contributed by atoms with Crippen LogP contribution in [0.25, 0.3) is 11.3 Å². The Bertz CT molecular complexity index is 399. The second-order valence-electron chi connectivity index (χ2n) is 2.68. The standard InChI is InChI=1S/C9H8N4/c1-7-9(11-13-12-10-7)8-5-3-2-4-6-8/h2-6H,1H3. The summed E-state index contributed by atoms with van der Waals surface area (Å²) in [5, 5.41) is 14.7. The molecule has 0 saturated heterocycles. The van der Waals surface area contributed by atoms with Crippen LogP contribution in [0, 0.1) is 6.92 Å². The lowest BCUT2D eigenvalue weighted by Crippen LogP contribution is -1.98. The number of aryl methyl sites for hydroxylation is 1. The average molecular weight is 172 g/mol. The van der Waals surface area contributed by atoms with Crippen molar-refractivity contribution in [2.75, 3.05) is 0 Å². The van der Waals surface area contributed by atoms with Crippen molar-refractivity contribution in [1.82, 2.24) is 20.6 Å². The average Bonchev–Trinajstić information content (AvgIpc) is 2.20. The van der Waals surface area contributed by atoms with Gasteiger partial charge < -0.3 is 0 Å². The first-order valence-corrected chi connectivity index (χ1v) is 3.96. The molecular formula is C9H8N4. The maximum atomic E-state index is 3.92. The van der Waals surface area contributed by atoms with E-state index in [1.165, 1.54) is 0 Å². The molecule has 1 aromatic heterocycles. The molecule has 0 fully saturated rings. The third-order valence-electron chi connectivity index (χ3n) is 1.77. The Morgan fingerprint density at radius 3 is 2.31 bits per heavy atom. The number of aromatic nitrogens is 4. The molecule has 0 bridgehead atoms. The Morgan fingerprint density at radius 1 is 0.923 bits per heavy atom. The third-order valence-corrected chi connectivity index (χ3v) is 1.77. The first-order chi connectivity index (χ1) is 6.38. The van der Waals surface area contributed by atoms with E-state index < -0.39 is 0 Å². The number of hydrogen-bond acceptors (Lipinski definition) is 4. The van der Waals surface area contributed by atoms with Gasteiger partial charge in [0.1, 0.15) is 5.69 Å². The largest absolute Gasteiger partial charge is 0.132 e. The molecule has 0 unspecified atom stereocenters. The second-order valence-corrected chi connectivity index (χ2v) is 2.68. The van der Waals surface area contributed by atoms with E-state index in [1.54, 1.807) is 0 Å². The molecule has 13 heavy (non-hydrogen) atoms. The first kappa shape index (κ1) is 7.79. The van der Waals surface area contributed by atoms with Crippen molar-refractivity contribution >= 4 is 0 Å². The monoisotopic (exact) mass is 172 g/mol. The van der Waals surface area contributed by atoms with Crippen molar-refractivity contribution < 1.29 is 0 Å². The van der Waals surface area contributed by atoms with Gasteiger partial charge in [0.05, 0.1) is 5.69 Å². The van der Waals surface area contributed by atoms with Crippen LogP contribution in [0.1, 0.15) is 5.69 Å². The molecule has 0 saturated carbocycles. The predicted octanol–water partition coefficient (Wildman–Crippen LogP) is 1.24. The van der Waals surface area contributed by atoms with E-state index in [0.717, 1.165) is 17.0 Å². The maximum Gasteiger partial charge on any atom is 0.118 e. The molecular weight excluding hydrogens is 164 g/mol. The van der Waals surface area contributed by atoms with Gasteiger partial charge in [-0.2, -0.15) is 0 Å². The Kier molecular flexibility index (Phi) is 1.96. The lowest BCUT2D eigenvalue weighted by Gasteiger charge is -1.99. The van der Waals surface area contributed by atoms with Gasteiger partial charge in [0.2, 0.25) is 0 Å². The molecule has 0 aliphatic heterocycles. The van der Waals surface area contributed by atoms with Crippen LogP contribution in [0.15, 0.2) is 30.3 Å². The smallest absolute Gasteiger partial charge is 0.118 e. The van der Waals surface area contributed by atoms with Gasteiger partial charge >= 0.3 is 0 Å². The molecule has 4 heteroatoms. The SMILES string of the molecule is Cc1nnnnc1-c1ccccc1. The quantitative estimate of drug-likeness (QED) is 0.649. The topological polar surface area (TPSA) is 51.6 Å². The zero-order valence-electron chi connectivity index (χ0n) is 7.18. The van der Waals surface area contributed by atoms with Gasteiger partial charge in [-0.05, 0) is 17.4 Å². The summed E-state index contributed by atoms with van der Waals surface area (Å²) in [5.41, 5.74) is 2.60. The van der Waals surface area contributed by atoms with Gasteiger partial charge in [-0.3, -0.25) is 0 Å². The van der Waals surface area contributed by atoms with Crippen LogP contribution in [-0.4, -0.2) is 20.6 Å². The zero-order valence-corrected chi connectivity index (χ0v) is 7.18. The maximum absolute atomic E-state index is 3.92. The highest BCUT2D eigenvalue weighted by Crippen LogP contribution is 2.16. The summed E-state index contributed by atoms with van der Waals surface area (Å²) in [7, 11) is 0.